The van der Waals surface area contributed by atoms with Gasteiger partial charge in [0.25, 0.3) is 5.91 Å². The number of nitrogens with one attached hydrogen (secondary N) is 1. The number of hydrogen-bond acceptors (Lipinski definition) is 2. The molecule has 0 radical (unpaired) electrons. The fourth-order valence-electron chi connectivity index (χ4n) is 2.80. The molecule has 0 fully saturated rings. The summed E-state index contributed by atoms with van der Waals surface area (Å²) in [4.78, 5) is 24.6. The van der Waals surface area contributed by atoms with Crippen LogP contribution in [0.3, 0.4) is 0 Å². The molecule has 23 heavy (non-hydrogen) atoms. The highest BCUT2D eigenvalue weighted by Gasteiger charge is 2.12. The van der Waals surface area contributed by atoms with Crippen molar-refractivity contribution in [2.75, 3.05) is 5.32 Å². The van der Waals surface area contributed by atoms with Crippen LogP contribution in [0.1, 0.15) is 24.2 Å². The number of carbonyl (C=O) groups excluding carboxylic acids is 1. The molecule has 3 rings (SSSR count). The van der Waals surface area contributed by atoms with Gasteiger partial charge in [0.15, 0.2) is 0 Å². The van der Waals surface area contributed by atoms with Crippen LogP contribution < -0.4 is 11.0 Å². The molecule has 5 heteroatoms. The van der Waals surface area contributed by atoms with E-state index in [9.17, 15) is 9.59 Å². The molecule has 2 aromatic carbocycles. The van der Waals surface area contributed by atoms with E-state index in [0.717, 1.165) is 11.0 Å². The zero-order valence-electron chi connectivity index (χ0n) is 13.2. The van der Waals surface area contributed by atoms with Crippen molar-refractivity contribution in [1.82, 2.24) is 9.13 Å². The minimum atomic E-state index is -0.162. The fraction of sp³-hybridized carbons (Fsp3) is 0.222. The topological polar surface area (TPSA) is 56.0 Å². The Morgan fingerprint density at radius 2 is 1.61 bits per heavy atom. The first-order valence-electron chi connectivity index (χ1n) is 7.75. The van der Waals surface area contributed by atoms with Gasteiger partial charge < -0.3 is 5.32 Å². The summed E-state index contributed by atoms with van der Waals surface area (Å²) in [7, 11) is 0. The van der Waals surface area contributed by atoms with E-state index in [2.05, 4.69) is 5.32 Å². The van der Waals surface area contributed by atoms with Crippen molar-refractivity contribution in [3.05, 3.63) is 64.6 Å². The smallest absolute Gasteiger partial charge is 0.322 e. The van der Waals surface area contributed by atoms with Gasteiger partial charge in [-0.1, -0.05) is 18.2 Å². The second-order valence-corrected chi connectivity index (χ2v) is 5.29. The van der Waals surface area contributed by atoms with Crippen LogP contribution in [0.25, 0.3) is 11.0 Å². The second kappa shape index (κ2) is 6.12. The van der Waals surface area contributed by atoms with Crippen LogP contribution in [0.15, 0.2) is 53.3 Å². The zero-order valence-corrected chi connectivity index (χ0v) is 13.2. The van der Waals surface area contributed by atoms with Crippen LogP contribution in [0.5, 0.6) is 0 Å². The molecule has 1 aromatic heterocycles. The average Bonchev–Trinajstić information content (AvgIpc) is 2.85. The molecule has 118 valence electrons. The number of carbonyl (C=O) groups is 1. The number of amides is 1. The maximum absolute atomic E-state index is 12.3. The molecule has 0 bridgehead atoms. The summed E-state index contributed by atoms with van der Waals surface area (Å²) in [6, 6.07) is 14.6. The van der Waals surface area contributed by atoms with E-state index in [0.29, 0.717) is 24.3 Å². The quantitative estimate of drug-likeness (QED) is 0.805. The molecular formula is C18H19N3O2. The van der Waals surface area contributed by atoms with Crippen molar-refractivity contribution in [1.29, 1.82) is 0 Å². The lowest BCUT2D eigenvalue weighted by molar-refractivity contribution is 0.102. The van der Waals surface area contributed by atoms with Gasteiger partial charge >= 0.3 is 5.69 Å². The van der Waals surface area contributed by atoms with E-state index < -0.39 is 0 Å². The van der Waals surface area contributed by atoms with Gasteiger partial charge in [0.1, 0.15) is 0 Å². The van der Waals surface area contributed by atoms with Crippen molar-refractivity contribution >= 4 is 22.6 Å². The van der Waals surface area contributed by atoms with Crippen molar-refractivity contribution in [2.45, 2.75) is 26.9 Å². The van der Waals surface area contributed by atoms with E-state index in [4.69, 9.17) is 0 Å². The number of benzene rings is 2. The number of aromatic nitrogens is 2. The number of hydrogen-bond donors (Lipinski definition) is 1. The number of nitrogens with zero attached hydrogens (tertiary/aromatic N) is 2. The Labute approximate surface area is 134 Å². The monoisotopic (exact) mass is 309 g/mol. The number of imidazole rings is 1. The Kier molecular flexibility index (Phi) is 4.02. The molecule has 1 amide bonds. The number of anilines is 1. The summed E-state index contributed by atoms with van der Waals surface area (Å²) in [6.07, 6.45) is 0. The minimum absolute atomic E-state index is 0.0171. The second-order valence-electron chi connectivity index (χ2n) is 5.29. The van der Waals surface area contributed by atoms with Crippen molar-refractivity contribution in [3.8, 4) is 0 Å². The summed E-state index contributed by atoms with van der Waals surface area (Å²) >= 11 is 0. The summed E-state index contributed by atoms with van der Waals surface area (Å²) in [5.74, 6) is -0.162. The van der Waals surface area contributed by atoms with Gasteiger partial charge in [-0.2, -0.15) is 0 Å². The molecule has 0 aliphatic rings. The predicted octanol–water partition coefficient (Wildman–Crippen LogP) is 3.10. The number of rotatable bonds is 4. The van der Waals surface area contributed by atoms with Gasteiger partial charge in [0.2, 0.25) is 0 Å². The van der Waals surface area contributed by atoms with E-state index in [1.165, 1.54) is 0 Å². The van der Waals surface area contributed by atoms with Crippen molar-refractivity contribution in [3.63, 3.8) is 0 Å². The van der Waals surface area contributed by atoms with Crippen LogP contribution in [0, 0.1) is 0 Å². The maximum Gasteiger partial charge on any atom is 0.329 e. The largest absolute Gasteiger partial charge is 0.329 e. The minimum Gasteiger partial charge on any atom is -0.322 e. The Bertz CT molecular complexity index is 907. The Hall–Kier alpha value is -2.82. The fourth-order valence-corrected chi connectivity index (χ4v) is 2.80. The van der Waals surface area contributed by atoms with Gasteiger partial charge in [0, 0.05) is 24.3 Å². The lowest BCUT2D eigenvalue weighted by Gasteiger charge is -2.06. The van der Waals surface area contributed by atoms with Crippen molar-refractivity contribution in [2.24, 2.45) is 0 Å². The molecule has 1 N–H and O–H groups in total. The van der Waals surface area contributed by atoms with Gasteiger partial charge in [-0.15, -0.1) is 0 Å². The highest BCUT2D eigenvalue weighted by molar-refractivity contribution is 6.04. The first kappa shape index (κ1) is 15.1. The Morgan fingerprint density at radius 1 is 0.957 bits per heavy atom. The van der Waals surface area contributed by atoms with E-state index >= 15 is 0 Å². The Morgan fingerprint density at radius 3 is 2.26 bits per heavy atom. The Balaban J connectivity index is 2.00. The summed E-state index contributed by atoms with van der Waals surface area (Å²) < 4.78 is 3.46. The zero-order chi connectivity index (χ0) is 16.4. The van der Waals surface area contributed by atoms with Gasteiger partial charge in [-0.25, -0.2) is 4.79 Å². The third-order valence-electron chi connectivity index (χ3n) is 3.95. The molecule has 0 unspecified atom stereocenters. The normalized spacial score (nSPS) is 10.9. The van der Waals surface area contributed by atoms with Crippen LogP contribution in [-0.4, -0.2) is 15.0 Å². The standard InChI is InChI=1S/C18H19N3O2/c1-3-20-15-11-10-14(12-16(15)21(4-2)18(20)23)19-17(22)13-8-6-5-7-9-13/h5-12H,3-4H2,1-2H3,(H,19,22). The third kappa shape index (κ3) is 2.65. The van der Waals surface area contributed by atoms with Crippen LogP contribution in [0.2, 0.25) is 0 Å². The molecule has 0 spiro atoms. The highest BCUT2D eigenvalue weighted by Crippen LogP contribution is 2.19. The molecule has 0 aliphatic heterocycles. The maximum atomic E-state index is 12.3. The summed E-state index contributed by atoms with van der Waals surface area (Å²) in [6.45, 7) is 5.11. The lowest BCUT2D eigenvalue weighted by atomic mass is 10.2. The molecule has 0 aliphatic carbocycles. The first-order valence-corrected chi connectivity index (χ1v) is 7.75. The molecular weight excluding hydrogens is 290 g/mol. The third-order valence-corrected chi connectivity index (χ3v) is 3.95. The summed E-state index contributed by atoms with van der Waals surface area (Å²) in [5, 5.41) is 2.88. The SMILES string of the molecule is CCn1c(=O)n(CC)c2cc(NC(=O)c3ccccc3)ccc21. The van der Waals surface area contributed by atoms with Crippen LogP contribution >= 0.6 is 0 Å². The predicted molar refractivity (Wildman–Crippen MR) is 91.9 cm³/mol. The van der Waals surface area contributed by atoms with Gasteiger partial charge in [-0.3, -0.25) is 13.9 Å². The average molecular weight is 309 g/mol. The van der Waals surface area contributed by atoms with Gasteiger partial charge in [0.05, 0.1) is 11.0 Å². The van der Waals surface area contributed by atoms with Crippen LogP contribution in [-0.2, 0) is 13.1 Å². The van der Waals surface area contributed by atoms with Gasteiger partial charge in [-0.05, 0) is 44.2 Å². The first-order chi connectivity index (χ1) is 11.2. The number of aryl methyl sites for hydroxylation is 2. The molecule has 0 saturated heterocycles. The molecule has 0 saturated carbocycles. The molecule has 3 aromatic rings. The van der Waals surface area contributed by atoms with E-state index in [-0.39, 0.29) is 11.6 Å². The summed E-state index contributed by atoms with van der Waals surface area (Å²) in [5.41, 5.74) is 2.99. The lowest BCUT2D eigenvalue weighted by Crippen LogP contribution is -2.23. The highest BCUT2D eigenvalue weighted by atomic mass is 16.2. The molecule has 1 heterocycles. The molecule has 5 nitrogen and oxygen atoms in total. The van der Waals surface area contributed by atoms with E-state index in [1.807, 2.05) is 50.2 Å². The van der Waals surface area contributed by atoms with Crippen LogP contribution in [0.4, 0.5) is 5.69 Å². The molecule has 0 atom stereocenters. The number of fused-ring (bicyclic) bond motifs is 1. The van der Waals surface area contributed by atoms with E-state index in [1.54, 1.807) is 21.3 Å². The van der Waals surface area contributed by atoms with Crippen molar-refractivity contribution < 1.29 is 4.79 Å².